The number of phenolic OH excluding ortho intramolecular Hbond substituents is 1. The summed E-state index contributed by atoms with van der Waals surface area (Å²) in [6.45, 7) is 15.8. The lowest BCUT2D eigenvalue weighted by Gasteiger charge is -2.45. The van der Waals surface area contributed by atoms with Gasteiger partial charge in [-0.25, -0.2) is 0 Å². The molecule has 1 aromatic rings. The lowest BCUT2D eigenvalue weighted by Crippen LogP contribution is -2.45. The van der Waals surface area contributed by atoms with Crippen molar-refractivity contribution in [2.75, 3.05) is 19.6 Å². The highest BCUT2D eigenvalue weighted by Crippen LogP contribution is 2.50. The van der Waals surface area contributed by atoms with Gasteiger partial charge in [0.15, 0.2) is 0 Å². The summed E-state index contributed by atoms with van der Waals surface area (Å²) in [6.07, 6.45) is 12.3. The fourth-order valence-corrected chi connectivity index (χ4v) is 5.47. The average molecular weight is 426 g/mol. The van der Waals surface area contributed by atoms with Gasteiger partial charge in [0.25, 0.3) is 0 Å². The Balaban J connectivity index is 1.88. The number of nitrogens with zero attached hydrogens (tertiary/aromatic N) is 1. The molecule has 0 spiro atoms. The lowest BCUT2D eigenvalue weighted by atomic mass is 9.76. The minimum atomic E-state index is -0.235. The summed E-state index contributed by atoms with van der Waals surface area (Å²) in [5.41, 5.74) is 4.58. The van der Waals surface area contributed by atoms with E-state index in [0.29, 0.717) is 5.75 Å². The Kier molecular flexibility index (Phi) is 8.27. The largest absolute Gasteiger partial charge is 0.507 e. The third-order valence-electron chi connectivity index (χ3n) is 7.48. The quantitative estimate of drug-likeness (QED) is 0.302. The summed E-state index contributed by atoms with van der Waals surface area (Å²) in [7, 11) is 0. The van der Waals surface area contributed by atoms with Gasteiger partial charge < -0.3 is 9.84 Å². The van der Waals surface area contributed by atoms with Crippen molar-refractivity contribution < 1.29 is 9.84 Å². The minimum Gasteiger partial charge on any atom is -0.507 e. The van der Waals surface area contributed by atoms with Gasteiger partial charge in [-0.15, -0.1) is 6.58 Å². The molecular weight excluding hydrogens is 382 g/mol. The minimum absolute atomic E-state index is 0.235. The van der Waals surface area contributed by atoms with Gasteiger partial charge in [0.1, 0.15) is 17.1 Å². The van der Waals surface area contributed by atoms with Gasteiger partial charge in [-0.05, 0) is 66.9 Å². The highest BCUT2D eigenvalue weighted by Gasteiger charge is 2.42. The molecule has 2 heterocycles. The van der Waals surface area contributed by atoms with E-state index in [1.165, 1.54) is 42.4 Å². The molecule has 0 saturated carbocycles. The van der Waals surface area contributed by atoms with Gasteiger partial charge in [-0.2, -0.15) is 0 Å². The maximum atomic E-state index is 11.1. The Hall–Kier alpha value is -1.74. The lowest BCUT2D eigenvalue weighted by molar-refractivity contribution is 0.0844. The smallest absolute Gasteiger partial charge is 0.132 e. The summed E-state index contributed by atoms with van der Waals surface area (Å²) in [5, 5.41) is 11.1. The molecule has 3 rings (SSSR count). The molecule has 3 heteroatoms. The summed E-state index contributed by atoms with van der Waals surface area (Å²) in [6, 6.07) is 4.20. The fraction of sp³-hybridized carbons (Fsp3) is 0.643. The third kappa shape index (κ3) is 5.19. The molecule has 1 atom stereocenters. The first-order valence-corrected chi connectivity index (χ1v) is 12.6. The van der Waals surface area contributed by atoms with E-state index >= 15 is 0 Å². The maximum absolute atomic E-state index is 11.1. The Labute approximate surface area is 190 Å². The molecule has 0 bridgehead atoms. The van der Waals surface area contributed by atoms with Crippen LogP contribution in [0.15, 0.2) is 30.4 Å². The van der Waals surface area contributed by atoms with Gasteiger partial charge in [0, 0.05) is 19.6 Å². The monoisotopic (exact) mass is 425 g/mol. The molecule has 0 aliphatic carbocycles. The molecule has 1 N–H and O–H groups in total. The fourth-order valence-electron chi connectivity index (χ4n) is 5.47. The predicted octanol–water partition coefficient (Wildman–Crippen LogP) is 7.14. The van der Waals surface area contributed by atoms with Crippen molar-refractivity contribution in [3.8, 4) is 11.5 Å². The van der Waals surface area contributed by atoms with E-state index in [9.17, 15) is 5.11 Å². The van der Waals surface area contributed by atoms with Gasteiger partial charge >= 0.3 is 0 Å². The van der Waals surface area contributed by atoms with Crippen LogP contribution >= 0.6 is 0 Å². The van der Waals surface area contributed by atoms with Gasteiger partial charge in [0.05, 0.1) is 5.56 Å². The van der Waals surface area contributed by atoms with Crippen LogP contribution in [0.25, 0.3) is 5.57 Å². The van der Waals surface area contributed by atoms with Gasteiger partial charge in [-0.3, -0.25) is 4.90 Å². The Morgan fingerprint density at radius 2 is 1.97 bits per heavy atom. The number of rotatable bonds is 11. The number of hydrogen-bond donors (Lipinski definition) is 1. The molecule has 172 valence electrons. The van der Waals surface area contributed by atoms with E-state index in [2.05, 4.69) is 45.2 Å². The predicted molar refractivity (Wildman–Crippen MR) is 132 cm³/mol. The van der Waals surface area contributed by atoms with Crippen molar-refractivity contribution in [2.24, 2.45) is 5.92 Å². The van der Waals surface area contributed by atoms with Crippen LogP contribution in [0.5, 0.6) is 11.5 Å². The van der Waals surface area contributed by atoms with Crippen molar-refractivity contribution in [3.05, 3.63) is 41.5 Å². The van der Waals surface area contributed by atoms with Crippen LogP contribution in [0.4, 0.5) is 0 Å². The zero-order chi connectivity index (χ0) is 22.4. The number of aryl methyl sites for hydroxylation is 1. The van der Waals surface area contributed by atoms with E-state index in [1.807, 2.05) is 12.1 Å². The van der Waals surface area contributed by atoms with Crippen LogP contribution < -0.4 is 4.74 Å². The standard InChI is InChI=1S/C28H43NO2/c1-6-10-11-12-21(5)13-14-22-18-25(30)27-23-20-29(16-7-2)17-15-24(23)28(8-3,9-4)31-26(27)19-22/h7,18-19,21,30H,2,6,8-17,20H2,1,3-5H3. The SMILES string of the molecule is C=CCN1CCC2=C(C1)c1c(O)cc(CCC(C)CCCCC)cc1OC2(CC)CC. The van der Waals surface area contributed by atoms with Crippen molar-refractivity contribution in [3.63, 3.8) is 0 Å². The summed E-state index contributed by atoms with van der Waals surface area (Å²) >= 11 is 0. The molecule has 1 unspecified atom stereocenters. The number of aromatic hydroxyl groups is 1. The Morgan fingerprint density at radius 3 is 2.65 bits per heavy atom. The molecule has 0 amide bonds. The molecule has 0 radical (unpaired) electrons. The van der Waals surface area contributed by atoms with E-state index in [-0.39, 0.29) is 5.60 Å². The molecule has 0 fully saturated rings. The van der Waals surface area contributed by atoms with Gasteiger partial charge in [0.2, 0.25) is 0 Å². The second-order valence-electron chi connectivity index (χ2n) is 9.66. The number of hydrogen-bond acceptors (Lipinski definition) is 3. The molecular formula is C28H43NO2. The Bertz CT molecular complexity index is 790. The van der Waals surface area contributed by atoms with Crippen LogP contribution in [-0.2, 0) is 6.42 Å². The number of phenols is 1. The summed E-state index contributed by atoms with van der Waals surface area (Å²) < 4.78 is 6.73. The van der Waals surface area contributed by atoms with E-state index < -0.39 is 0 Å². The Morgan fingerprint density at radius 1 is 1.19 bits per heavy atom. The third-order valence-corrected chi connectivity index (χ3v) is 7.48. The number of unbranched alkanes of at least 4 members (excludes halogenated alkanes) is 2. The van der Waals surface area contributed by atoms with Crippen LogP contribution in [0.3, 0.4) is 0 Å². The van der Waals surface area contributed by atoms with Gasteiger partial charge in [-0.1, -0.05) is 59.5 Å². The number of benzene rings is 1. The average Bonchev–Trinajstić information content (AvgIpc) is 2.77. The molecule has 0 aromatic heterocycles. The topological polar surface area (TPSA) is 32.7 Å². The highest BCUT2D eigenvalue weighted by atomic mass is 16.5. The van der Waals surface area contributed by atoms with E-state index in [1.54, 1.807) is 0 Å². The first-order valence-electron chi connectivity index (χ1n) is 12.6. The van der Waals surface area contributed by atoms with Crippen molar-refractivity contribution >= 4 is 5.57 Å². The second-order valence-corrected chi connectivity index (χ2v) is 9.66. The second kappa shape index (κ2) is 10.7. The molecule has 0 saturated heterocycles. The zero-order valence-corrected chi connectivity index (χ0v) is 20.3. The normalized spacial score (nSPS) is 18.8. The van der Waals surface area contributed by atoms with E-state index in [4.69, 9.17) is 4.74 Å². The van der Waals surface area contributed by atoms with Crippen LogP contribution in [0.1, 0.15) is 90.2 Å². The summed E-state index contributed by atoms with van der Waals surface area (Å²) in [4.78, 5) is 2.42. The molecule has 2 aliphatic rings. The van der Waals surface area contributed by atoms with Crippen molar-refractivity contribution in [2.45, 2.75) is 91.1 Å². The number of ether oxygens (including phenoxy) is 1. The van der Waals surface area contributed by atoms with Crippen molar-refractivity contribution in [1.29, 1.82) is 0 Å². The molecule has 1 aromatic carbocycles. The summed E-state index contributed by atoms with van der Waals surface area (Å²) in [5.74, 6) is 1.99. The van der Waals surface area contributed by atoms with Crippen molar-refractivity contribution in [1.82, 2.24) is 4.90 Å². The highest BCUT2D eigenvalue weighted by molar-refractivity contribution is 5.82. The first kappa shape index (κ1) is 23.9. The number of fused-ring (bicyclic) bond motifs is 2. The van der Waals surface area contributed by atoms with Crippen LogP contribution in [-0.4, -0.2) is 35.2 Å². The molecule has 3 nitrogen and oxygen atoms in total. The van der Waals surface area contributed by atoms with Crippen LogP contribution in [0, 0.1) is 5.92 Å². The van der Waals surface area contributed by atoms with Crippen LogP contribution in [0.2, 0.25) is 0 Å². The molecule has 31 heavy (non-hydrogen) atoms. The first-order chi connectivity index (χ1) is 15.0. The van der Waals surface area contributed by atoms with E-state index in [0.717, 1.165) is 69.0 Å². The molecule has 2 aliphatic heterocycles. The maximum Gasteiger partial charge on any atom is 0.132 e. The zero-order valence-electron chi connectivity index (χ0n) is 20.3.